The Morgan fingerprint density at radius 1 is 0.917 bits per heavy atom. The first kappa shape index (κ1) is 25.2. The largest absolute Gasteiger partial charge is 0.508 e. The van der Waals surface area contributed by atoms with E-state index in [-0.39, 0.29) is 5.91 Å². The van der Waals surface area contributed by atoms with Crippen molar-refractivity contribution >= 4 is 28.2 Å². The number of anilines is 2. The van der Waals surface area contributed by atoms with Gasteiger partial charge in [-0.25, -0.2) is 0 Å². The number of rotatable bonds is 13. The van der Waals surface area contributed by atoms with Crippen LogP contribution in [0.2, 0.25) is 0 Å². The number of aryl methyl sites for hydroxylation is 1. The van der Waals surface area contributed by atoms with Crippen LogP contribution in [0.4, 0.5) is 11.4 Å². The van der Waals surface area contributed by atoms with Crippen molar-refractivity contribution in [3.63, 3.8) is 0 Å². The minimum atomic E-state index is 0.0557. The highest BCUT2D eigenvalue weighted by atomic mass is 16.5. The quantitative estimate of drug-likeness (QED) is 0.159. The van der Waals surface area contributed by atoms with Gasteiger partial charge in [0.05, 0.1) is 7.11 Å². The smallest absolute Gasteiger partial charge is 0.224 e. The maximum atomic E-state index is 12.2. The average Bonchev–Trinajstić information content (AvgIpc) is 3.29. The molecule has 0 radical (unpaired) electrons. The number of aromatic amines is 1. The molecule has 6 nitrogen and oxygen atoms in total. The van der Waals surface area contributed by atoms with Crippen LogP contribution in [0.3, 0.4) is 0 Å². The van der Waals surface area contributed by atoms with E-state index in [1.807, 2.05) is 42.6 Å². The van der Waals surface area contributed by atoms with Crippen LogP contribution in [-0.2, 0) is 17.6 Å². The van der Waals surface area contributed by atoms with E-state index < -0.39 is 0 Å². The van der Waals surface area contributed by atoms with Gasteiger partial charge in [-0.15, -0.1) is 0 Å². The number of nitrogens with one attached hydrogen (secondary N) is 3. The fourth-order valence-electron chi connectivity index (χ4n) is 4.47. The summed E-state index contributed by atoms with van der Waals surface area (Å²) in [7, 11) is 1.63. The summed E-state index contributed by atoms with van der Waals surface area (Å²) in [4.78, 5) is 15.5. The first-order chi connectivity index (χ1) is 17.6. The number of aromatic nitrogens is 1. The van der Waals surface area contributed by atoms with E-state index in [2.05, 4.69) is 39.9 Å². The molecule has 3 aromatic carbocycles. The standard InChI is InChI=1S/C30H35N3O3/c1-36-26-15-12-24(13-16-26)33-30(35)11-5-3-2-4-8-22-9-6-7-10-28(22)31-19-18-23-21-32-29-17-14-25(34)20-27(23)29/h6-7,9-10,12-17,20-21,31-32,34H,2-5,8,11,18-19H2,1H3,(H,33,35). The number of carbonyl (C=O) groups is 1. The number of H-pyrrole nitrogens is 1. The van der Waals surface area contributed by atoms with Crippen molar-refractivity contribution in [2.75, 3.05) is 24.3 Å². The Labute approximate surface area is 212 Å². The van der Waals surface area contributed by atoms with Gasteiger partial charge >= 0.3 is 0 Å². The van der Waals surface area contributed by atoms with Crippen LogP contribution in [0, 0.1) is 0 Å². The Balaban J connectivity index is 1.15. The summed E-state index contributed by atoms with van der Waals surface area (Å²) < 4.78 is 5.14. The number of phenols is 1. The Morgan fingerprint density at radius 2 is 1.72 bits per heavy atom. The van der Waals surface area contributed by atoms with Crippen LogP contribution >= 0.6 is 0 Å². The van der Waals surface area contributed by atoms with Gasteiger partial charge in [-0.05, 0) is 85.3 Å². The van der Waals surface area contributed by atoms with Crippen LogP contribution in [-0.4, -0.2) is 29.7 Å². The van der Waals surface area contributed by atoms with Crippen LogP contribution in [0.25, 0.3) is 10.9 Å². The second-order valence-corrected chi connectivity index (χ2v) is 9.07. The molecule has 4 aromatic rings. The van der Waals surface area contributed by atoms with E-state index >= 15 is 0 Å². The molecule has 0 aliphatic heterocycles. The van der Waals surface area contributed by atoms with Gasteiger partial charge in [0.2, 0.25) is 5.91 Å². The molecule has 0 unspecified atom stereocenters. The van der Waals surface area contributed by atoms with Gasteiger partial charge in [0.1, 0.15) is 11.5 Å². The number of ether oxygens (including phenoxy) is 1. The number of aromatic hydroxyl groups is 1. The second kappa shape index (κ2) is 12.7. The molecule has 0 spiro atoms. The number of methoxy groups -OCH3 is 1. The van der Waals surface area contributed by atoms with Gasteiger partial charge in [-0.1, -0.05) is 31.0 Å². The number of unbranched alkanes of at least 4 members (excludes halogenated alkanes) is 3. The molecule has 4 N–H and O–H groups in total. The summed E-state index contributed by atoms with van der Waals surface area (Å²) >= 11 is 0. The predicted molar refractivity (Wildman–Crippen MR) is 147 cm³/mol. The molecule has 0 atom stereocenters. The molecule has 0 aliphatic rings. The number of amides is 1. The molecule has 1 amide bonds. The Morgan fingerprint density at radius 3 is 2.56 bits per heavy atom. The number of benzene rings is 3. The topological polar surface area (TPSA) is 86.4 Å². The first-order valence-electron chi connectivity index (χ1n) is 12.7. The van der Waals surface area contributed by atoms with Crippen molar-refractivity contribution in [1.29, 1.82) is 0 Å². The van der Waals surface area contributed by atoms with E-state index in [0.717, 1.165) is 67.4 Å². The lowest BCUT2D eigenvalue weighted by molar-refractivity contribution is -0.116. The molecule has 6 heteroatoms. The van der Waals surface area contributed by atoms with Crippen molar-refractivity contribution in [1.82, 2.24) is 4.98 Å². The Bertz CT molecular complexity index is 1260. The van der Waals surface area contributed by atoms with Gasteiger partial charge in [-0.3, -0.25) is 4.79 Å². The van der Waals surface area contributed by atoms with Crippen molar-refractivity contribution in [3.8, 4) is 11.5 Å². The molecule has 188 valence electrons. The number of para-hydroxylation sites is 1. The van der Waals surface area contributed by atoms with E-state index in [1.165, 1.54) is 16.8 Å². The zero-order valence-electron chi connectivity index (χ0n) is 20.8. The highest BCUT2D eigenvalue weighted by Gasteiger charge is 2.07. The van der Waals surface area contributed by atoms with Gasteiger partial charge in [-0.2, -0.15) is 0 Å². The third-order valence-corrected chi connectivity index (χ3v) is 6.45. The van der Waals surface area contributed by atoms with E-state index in [1.54, 1.807) is 13.2 Å². The highest BCUT2D eigenvalue weighted by molar-refractivity contribution is 5.90. The van der Waals surface area contributed by atoms with Crippen LogP contribution in [0.1, 0.15) is 43.2 Å². The zero-order valence-corrected chi connectivity index (χ0v) is 20.8. The lowest BCUT2D eigenvalue weighted by atomic mass is 10.0. The number of phenolic OH excluding ortho intramolecular Hbond substituents is 1. The second-order valence-electron chi connectivity index (χ2n) is 9.07. The molecule has 0 saturated heterocycles. The molecule has 0 bridgehead atoms. The normalized spacial score (nSPS) is 10.9. The highest BCUT2D eigenvalue weighted by Crippen LogP contribution is 2.24. The fraction of sp³-hybridized carbons (Fsp3) is 0.300. The maximum absolute atomic E-state index is 12.2. The van der Waals surface area contributed by atoms with Gasteiger partial charge in [0, 0.05) is 41.4 Å². The number of hydrogen-bond donors (Lipinski definition) is 4. The molecule has 36 heavy (non-hydrogen) atoms. The Kier molecular flexibility index (Phi) is 8.87. The lowest BCUT2D eigenvalue weighted by Crippen LogP contribution is -2.10. The summed E-state index contributed by atoms with van der Waals surface area (Å²) in [5.41, 5.74) is 5.54. The molecule has 0 fully saturated rings. The Hall–Kier alpha value is -3.93. The number of fused-ring (bicyclic) bond motifs is 1. The van der Waals surface area contributed by atoms with E-state index in [9.17, 15) is 9.90 Å². The van der Waals surface area contributed by atoms with Crippen molar-refractivity contribution in [3.05, 3.63) is 84.1 Å². The summed E-state index contributed by atoms with van der Waals surface area (Å²) in [5, 5.41) is 17.4. The molecule has 1 aromatic heterocycles. The van der Waals surface area contributed by atoms with Gasteiger partial charge in [0.15, 0.2) is 0 Å². The number of carbonyl (C=O) groups excluding carboxylic acids is 1. The first-order valence-corrected chi connectivity index (χ1v) is 12.7. The SMILES string of the molecule is COc1ccc(NC(=O)CCCCCCc2ccccc2NCCc2c[nH]c3ccc(O)cc23)cc1. The summed E-state index contributed by atoms with van der Waals surface area (Å²) in [6.45, 7) is 0.822. The predicted octanol–water partition coefficient (Wildman–Crippen LogP) is 6.67. The van der Waals surface area contributed by atoms with Crippen molar-refractivity contribution in [2.24, 2.45) is 0 Å². The monoisotopic (exact) mass is 485 g/mol. The van der Waals surface area contributed by atoms with Gasteiger partial charge in [0.25, 0.3) is 0 Å². The van der Waals surface area contributed by atoms with Crippen molar-refractivity contribution < 1.29 is 14.6 Å². The molecule has 1 heterocycles. The lowest BCUT2D eigenvalue weighted by Gasteiger charge is -2.12. The van der Waals surface area contributed by atoms with Gasteiger partial charge < -0.3 is 25.5 Å². The van der Waals surface area contributed by atoms with Crippen molar-refractivity contribution in [2.45, 2.75) is 44.9 Å². The molecular formula is C30H35N3O3. The third-order valence-electron chi connectivity index (χ3n) is 6.45. The minimum absolute atomic E-state index is 0.0557. The molecule has 0 aliphatic carbocycles. The molecule has 0 saturated carbocycles. The number of hydrogen-bond acceptors (Lipinski definition) is 4. The van der Waals surface area contributed by atoms with E-state index in [4.69, 9.17) is 4.74 Å². The molecule has 4 rings (SSSR count). The minimum Gasteiger partial charge on any atom is -0.508 e. The summed E-state index contributed by atoms with van der Waals surface area (Å²) in [6.07, 6.45) is 8.58. The fourth-order valence-corrected chi connectivity index (χ4v) is 4.47. The maximum Gasteiger partial charge on any atom is 0.224 e. The third kappa shape index (κ3) is 7.04. The summed E-state index contributed by atoms with van der Waals surface area (Å²) in [5.74, 6) is 1.12. The molecular weight excluding hydrogens is 450 g/mol. The average molecular weight is 486 g/mol. The van der Waals surface area contributed by atoms with E-state index in [0.29, 0.717) is 12.2 Å². The zero-order chi connectivity index (χ0) is 25.2. The van der Waals surface area contributed by atoms with Crippen LogP contribution < -0.4 is 15.4 Å². The van der Waals surface area contributed by atoms with Crippen LogP contribution in [0.15, 0.2) is 72.9 Å². The summed E-state index contributed by atoms with van der Waals surface area (Å²) in [6, 6.07) is 21.3. The van der Waals surface area contributed by atoms with Crippen LogP contribution in [0.5, 0.6) is 11.5 Å².